The minimum absolute atomic E-state index is 0.0812. The minimum Gasteiger partial charge on any atom is -0.472 e. The summed E-state index contributed by atoms with van der Waals surface area (Å²) in [6, 6.07) is 0. The fourth-order valence-corrected chi connectivity index (χ4v) is 3.74. The van der Waals surface area contributed by atoms with Gasteiger partial charge < -0.3 is 9.84 Å². The number of nitrogens with zero attached hydrogens (tertiary/aromatic N) is 4. The molecule has 0 aromatic rings. The summed E-state index contributed by atoms with van der Waals surface area (Å²) in [4.78, 5) is 4.27. The largest absolute Gasteiger partial charge is 0.472 e. The molecule has 7 heteroatoms. The Hall–Kier alpha value is -1.60. The molecule has 1 aliphatic heterocycles. The zero-order valence-corrected chi connectivity index (χ0v) is 19.4. The van der Waals surface area contributed by atoms with Crippen LogP contribution in [0, 0.1) is 5.41 Å². The lowest BCUT2D eigenvalue weighted by Crippen LogP contribution is -2.42. The zero-order chi connectivity index (χ0) is 21.1. The first-order valence-electron chi connectivity index (χ1n) is 9.76. The molecule has 3 atom stereocenters. The van der Waals surface area contributed by atoms with Crippen LogP contribution in [0.1, 0.15) is 47.5 Å². The number of aliphatic imine (C=N–C) groups is 1. The first-order chi connectivity index (χ1) is 13.1. The summed E-state index contributed by atoms with van der Waals surface area (Å²) in [5.74, 6) is 0.372. The van der Waals surface area contributed by atoms with Crippen molar-refractivity contribution < 1.29 is 9.84 Å². The highest BCUT2D eigenvalue weighted by Gasteiger charge is 2.40. The number of alkyl halides is 1. The molecule has 156 valence electrons. The third-order valence-corrected chi connectivity index (χ3v) is 5.59. The van der Waals surface area contributed by atoms with Gasteiger partial charge >= 0.3 is 0 Å². The van der Waals surface area contributed by atoms with Gasteiger partial charge in [0.15, 0.2) is 0 Å². The third-order valence-electron chi connectivity index (χ3n) is 4.57. The third kappa shape index (κ3) is 5.26. The molecule has 0 bridgehead atoms. The number of hydrogen-bond acceptors (Lipinski definition) is 6. The number of allylic oxidation sites excluding steroid dienone is 2. The lowest BCUT2D eigenvalue weighted by molar-refractivity contribution is 0.0309. The van der Waals surface area contributed by atoms with Gasteiger partial charge in [-0.1, -0.05) is 62.4 Å². The smallest absolute Gasteiger partial charge is 0.218 e. The van der Waals surface area contributed by atoms with Crippen LogP contribution in [0.3, 0.4) is 0 Å². The van der Waals surface area contributed by atoms with Crippen molar-refractivity contribution in [2.75, 3.05) is 13.6 Å². The van der Waals surface area contributed by atoms with E-state index >= 15 is 0 Å². The van der Waals surface area contributed by atoms with E-state index in [1.54, 1.807) is 6.20 Å². The van der Waals surface area contributed by atoms with Crippen molar-refractivity contribution in [3.8, 4) is 0 Å². The van der Waals surface area contributed by atoms with E-state index in [1.807, 2.05) is 32.1 Å². The molecule has 0 fully saturated rings. The number of aliphatic hydroxyl groups is 1. The van der Waals surface area contributed by atoms with Gasteiger partial charge in [0.25, 0.3) is 0 Å². The van der Waals surface area contributed by atoms with E-state index in [-0.39, 0.29) is 16.3 Å². The molecule has 2 rings (SSSR count). The maximum atomic E-state index is 10.2. The molecule has 28 heavy (non-hydrogen) atoms. The van der Waals surface area contributed by atoms with Crippen LogP contribution < -0.4 is 0 Å². The minimum atomic E-state index is -0.676. The van der Waals surface area contributed by atoms with E-state index in [0.29, 0.717) is 24.3 Å². The summed E-state index contributed by atoms with van der Waals surface area (Å²) < 4.78 is 6.20. The van der Waals surface area contributed by atoms with Crippen LogP contribution in [0.4, 0.5) is 0 Å². The molecule has 1 aliphatic carbocycles. The lowest BCUT2D eigenvalue weighted by atomic mass is 9.94. The summed E-state index contributed by atoms with van der Waals surface area (Å²) >= 11 is 3.78. The van der Waals surface area contributed by atoms with E-state index in [9.17, 15) is 5.11 Å². The fourth-order valence-electron chi connectivity index (χ4n) is 3.09. The molecule has 0 aromatic carbocycles. The molecule has 0 saturated carbocycles. The second kappa shape index (κ2) is 9.27. The summed E-state index contributed by atoms with van der Waals surface area (Å²) in [5.41, 5.74) is 2.72. The summed E-state index contributed by atoms with van der Waals surface area (Å²) in [6.45, 7) is 15.3. The molecule has 0 amide bonds. The monoisotopic (exact) mass is 452 g/mol. The number of rotatable bonds is 6. The summed E-state index contributed by atoms with van der Waals surface area (Å²) in [7, 11) is 1.96. The Morgan fingerprint density at radius 2 is 2.21 bits per heavy atom. The molecule has 2 aliphatic rings. The maximum Gasteiger partial charge on any atom is 0.218 e. The van der Waals surface area contributed by atoms with Crippen LogP contribution in [0.5, 0.6) is 0 Å². The molecular formula is C21H33BrN4O2. The number of fused-ring (bicyclic) bond motifs is 1. The Morgan fingerprint density at radius 3 is 2.79 bits per heavy atom. The van der Waals surface area contributed by atoms with Crippen molar-refractivity contribution in [1.29, 1.82) is 0 Å². The van der Waals surface area contributed by atoms with Gasteiger partial charge in [0.1, 0.15) is 11.8 Å². The Balaban J connectivity index is 2.22. The molecule has 0 saturated heterocycles. The van der Waals surface area contributed by atoms with Crippen LogP contribution in [0.25, 0.3) is 0 Å². The molecule has 6 nitrogen and oxygen atoms in total. The molecule has 3 unspecified atom stereocenters. The van der Waals surface area contributed by atoms with E-state index in [2.05, 4.69) is 59.4 Å². The predicted molar refractivity (Wildman–Crippen MR) is 119 cm³/mol. The van der Waals surface area contributed by atoms with E-state index < -0.39 is 6.10 Å². The molecule has 0 aromatic heterocycles. The van der Waals surface area contributed by atoms with Gasteiger partial charge in [0, 0.05) is 31.8 Å². The average molecular weight is 453 g/mol. The van der Waals surface area contributed by atoms with Crippen molar-refractivity contribution >= 4 is 27.5 Å². The van der Waals surface area contributed by atoms with Crippen LogP contribution in [0.15, 0.2) is 46.3 Å². The second-order valence-electron chi connectivity index (χ2n) is 8.34. The SMILES string of the molecule is C=C(C(=NC=CC)OC1CC=C2C(=NN(C)N2CC(C)(C)C)C1Br)C(O)CC. The fraction of sp³-hybridized carbons (Fsp3) is 0.619. The standard InChI is InChI=1S/C21H33BrN4O2/c1-8-12-23-20(14(3)16(27)9-2)28-17-11-10-15-19(18(17)22)24-25(7)26(15)13-21(4,5)6/h8,10,12,16-18,27H,3,9,11,13H2,1-2,4-7H3. The first kappa shape index (κ1) is 22.7. The second-order valence-corrected chi connectivity index (χ2v) is 9.33. The van der Waals surface area contributed by atoms with Gasteiger partial charge in [0.2, 0.25) is 5.90 Å². The first-order valence-corrected chi connectivity index (χ1v) is 10.7. The van der Waals surface area contributed by atoms with Crippen LogP contribution in [-0.2, 0) is 4.74 Å². The quantitative estimate of drug-likeness (QED) is 0.371. The predicted octanol–water partition coefficient (Wildman–Crippen LogP) is 4.25. The Bertz CT molecular complexity index is 706. The van der Waals surface area contributed by atoms with Gasteiger partial charge in [-0.15, -0.1) is 0 Å². The zero-order valence-electron chi connectivity index (χ0n) is 17.8. The molecule has 1 heterocycles. The molecule has 1 N–H and O–H groups in total. The molecular weight excluding hydrogens is 420 g/mol. The van der Waals surface area contributed by atoms with Crippen LogP contribution >= 0.6 is 15.9 Å². The Labute approximate surface area is 177 Å². The molecule has 0 spiro atoms. The molecule has 0 radical (unpaired) electrons. The van der Waals surface area contributed by atoms with Crippen LogP contribution in [0.2, 0.25) is 0 Å². The summed E-state index contributed by atoms with van der Waals surface area (Å²) in [6.07, 6.45) is 6.05. The van der Waals surface area contributed by atoms with Crippen molar-refractivity contribution in [3.05, 3.63) is 36.2 Å². The van der Waals surface area contributed by atoms with Gasteiger partial charge in [-0.05, 0) is 18.8 Å². The topological polar surface area (TPSA) is 60.7 Å². The number of hydrogen-bond donors (Lipinski definition) is 1. The van der Waals surface area contributed by atoms with Crippen molar-refractivity contribution in [2.24, 2.45) is 15.5 Å². The highest BCUT2D eigenvalue weighted by atomic mass is 79.9. The van der Waals surface area contributed by atoms with E-state index in [1.165, 1.54) is 0 Å². The number of hydrazine groups is 1. The van der Waals surface area contributed by atoms with Gasteiger partial charge in [0.05, 0.1) is 16.6 Å². The van der Waals surface area contributed by atoms with Gasteiger partial charge in [-0.2, -0.15) is 5.10 Å². The maximum absolute atomic E-state index is 10.2. The lowest BCUT2D eigenvalue weighted by Gasteiger charge is -2.35. The van der Waals surface area contributed by atoms with Crippen LogP contribution in [-0.4, -0.2) is 57.5 Å². The van der Waals surface area contributed by atoms with Gasteiger partial charge in [-0.3, -0.25) is 5.01 Å². The number of aliphatic hydroxyl groups excluding tert-OH is 1. The van der Waals surface area contributed by atoms with Gasteiger partial charge in [-0.25, -0.2) is 10.1 Å². The Morgan fingerprint density at radius 1 is 1.54 bits per heavy atom. The van der Waals surface area contributed by atoms with Crippen molar-refractivity contribution in [2.45, 2.75) is 64.5 Å². The normalized spacial score (nSPS) is 24.2. The number of halogens is 1. The van der Waals surface area contributed by atoms with E-state index in [4.69, 9.17) is 9.84 Å². The summed E-state index contributed by atoms with van der Waals surface area (Å²) in [5, 5.41) is 19.0. The van der Waals surface area contributed by atoms with Crippen molar-refractivity contribution in [3.63, 3.8) is 0 Å². The number of ether oxygens (including phenoxy) is 1. The number of hydrazone groups is 1. The highest BCUT2D eigenvalue weighted by molar-refractivity contribution is 9.10. The van der Waals surface area contributed by atoms with E-state index in [0.717, 1.165) is 18.0 Å². The highest BCUT2D eigenvalue weighted by Crippen LogP contribution is 2.34. The Kier molecular flexibility index (Phi) is 7.51. The van der Waals surface area contributed by atoms with Crippen molar-refractivity contribution in [1.82, 2.24) is 10.1 Å². The average Bonchev–Trinajstić information content (AvgIpc) is 2.94.